The number of hydrogen-bond acceptors (Lipinski definition) is 2. The van der Waals surface area contributed by atoms with Crippen molar-refractivity contribution >= 4 is 17.3 Å². The van der Waals surface area contributed by atoms with Gasteiger partial charge in [0.25, 0.3) is 0 Å². The van der Waals surface area contributed by atoms with Crippen LogP contribution in [0.3, 0.4) is 0 Å². The Morgan fingerprint density at radius 1 is 1.29 bits per heavy atom. The van der Waals surface area contributed by atoms with E-state index in [4.69, 9.17) is 11.6 Å². The molecule has 0 spiro atoms. The van der Waals surface area contributed by atoms with Crippen molar-refractivity contribution in [2.75, 3.05) is 5.32 Å². The molecule has 0 amide bonds. The lowest BCUT2D eigenvalue weighted by molar-refractivity contribution is 0.172. The second-order valence-corrected chi connectivity index (χ2v) is 4.14. The van der Waals surface area contributed by atoms with Crippen molar-refractivity contribution in [3.63, 3.8) is 0 Å². The summed E-state index contributed by atoms with van der Waals surface area (Å²) in [6, 6.07) is 7.79. The minimum absolute atomic E-state index is 0.162. The number of hydrogen-bond donors (Lipinski definition) is 2. The minimum atomic E-state index is -0.230. The molecule has 14 heavy (non-hydrogen) atoms. The number of aliphatic hydroxyl groups is 1. The average molecular weight is 212 g/mol. The van der Waals surface area contributed by atoms with Crippen molar-refractivity contribution in [3.05, 3.63) is 29.3 Å². The normalized spacial score (nSPS) is 26.4. The van der Waals surface area contributed by atoms with Crippen LogP contribution in [-0.2, 0) is 0 Å². The molecule has 2 nitrogen and oxygen atoms in total. The summed E-state index contributed by atoms with van der Waals surface area (Å²) in [6.45, 7) is 0. The topological polar surface area (TPSA) is 32.3 Å². The highest BCUT2D eigenvalue weighted by Crippen LogP contribution is 2.26. The smallest absolute Gasteiger partial charge is 0.0741 e. The lowest BCUT2D eigenvalue weighted by Gasteiger charge is -2.18. The molecule has 1 saturated carbocycles. The summed E-state index contributed by atoms with van der Waals surface area (Å²) in [5.41, 5.74) is 0.917. The predicted octanol–water partition coefficient (Wildman–Crippen LogP) is 2.67. The lowest BCUT2D eigenvalue weighted by Crippen LogP contribution is -2.27. The van der Waals surface area contributed by atoms with Crippen LogP contribution < -0.4 is 5.32 Å². The first-order valence-corrected chi connectivity index (χ1v) is 5.34. The van der Waals surface area contributed by atoms with E-state index in [2.05, 4.69) is 5.32 Å². The number of nitrogens with one attached hydrogen (secondary N) is 1. The number of aliphatic hydroxyl groups excluding tert-OH is 1. The Bertz CT molecular complexity index is 316. The van der Waals surface area contributed by atoms with Gasteiger partial charge in [0.15, 0.2) is 0 Å². The van der Waals surface area contributed by atoms with Crippen molar-refractivity contribution in [2.24, 2.45) is 0 Å². The Kier molecular flexibility index (Phi) is 2.94. The van der Waals surface area contributed by atoms with Gasteiger partial charge < -0.3 is 10.4 Å². The summed E-state index contributed by atoms with van der Waals surface area (Å²) in [5.74, 6) is 0. The summed E-state index contributed by atoms with van der Waals surface area (Å²) < 4.78 is 0. The van der Waals surface area contributed by atoms with E-state index >= 15 is 0 Å². The number of rotatable bonds is 2. The van der Waals surface area contributed by atoms with E-state index in [9.17, 15) is 5.11 Å². The maximum absolute atomic E-state index is 9.64. The monoisotopic (exact) mass is 211 g/mol. The lowest BCUT2D eigenvalue weighted by atomic mass is 10.2. The summed E-state index contributed by atoms with van der Waals surface area (Å²) >= 11 is 6.01. The third-order valence-corrected chi connectivity index (χ3v) is 3.02. The molecule has 2 rings (SSSR count). The number of para-hydroxylation sites is 1. The van der Waals surface area contributed by atoms with Crippen molar-refractivity contribution in [1.29, 1.82) is 0 Å². The van der Waals surface area contributed by atoms with E-state index in [0.29, 0.717) is 5.02 Å². The van der Waals surface area contributed by atoms with Crippen LogP contribution in [0.4, 0.5) is 5.69 Å². The second-order valence-electron chi connectivity index (χ2n) is 3.73. The van der Waals surface area contributed by atoms with E-state index in [1.54, 1.807) is 0 Å². The first kappa shape index (κ1) is 9.81. The van der Waals surface area contributed by atoms with Crippen molar-refractivity contribution in [1.82, 2.24) is 0 Å². The van der Waals surface area contributed by atoms with Crippen molar-refractivity contribution < 1.29 is 5.11 Å². The molecule has 2 atom stereocenters. The highest BCUT2D eigenvalue weighted by molar-refractivity contribution is 6.33. The molecule has 0 heterocycles. The molecule has 0 aliphatic heterocycles. The molecule has 0 aromatic heterocycles. The van der Waals surface area contributed by atoms with Gasteiger partial charge in [-0.3, -0.25) is 0 Å². The zero-order valence-electron chi connectivity index (χ0n) is 7.91. The van der Waals surface area contributed by atoms with Gasteiger partial charge in [-0.2, -0.15) is 0 Å². The Morgan fingerprint density at radius 3 is 2.71 bits per heavy atom. The van der Waals surface area contributed by atoms with Crippen molar-refractivity contribution in [3.8, 4) is 0 Å². The number of halogens is 1. The van der Waals surface area contributed by atoms with Crippen LogP contribution in [0.25, 0.3) is 0 Å². The second kappa shape index (κ2) is 4.20. The summed E-state index contributed by atoms with van der Waals surface area (Å²) in [4.78, 5) is 0. The molecule has 1 aliphatic rings. The third kappa shape index (κ3) is 2.02. The zero-order chi connectivity index (χ0) is 9.97. The average Bonchev–Trinajstić information content (AvgIpc) is 2.56. The molecule has 0 unspecified atom stereocenters. The van der Waals surface area contributed by atoms with Crippen LogP contribution in [0.1, 0.15) is 19.3 Å². The molecule has 1 fully saturated rings. The minimum Gasteiger partial charge on any atom is -0.391 e. The first-order chi connectivity index (χ1) is 6.77. The fourth-order valence-corrected chi connectivity index (χ4v) is 2.08. The fourth-order valence-electron chi connectivity index (χ4n) is 1.89. The van der Waals surface area contributed by atoms with Crippen LogP contribution in [0, 0.1) is 0 Å². The molecule has 3 heteroatoms. The SMILES string of the molecule is O[C@H]1CCC[C@H]1Nc1ccccc1Cl. The fraction of sp³-hybridized carbons (Fsp3) is 0.455. The molecule has 0 bridgehead atoms. The molecular formula is C11H14ClNO. The highest BCUT2D eigenvalue weighted by Gasteiger charge is 2.25. The number of benzene rings is 1. The van der Waals surface area contributed by atoms with Gasteiger partial charge >= 0.3 is 0 Å². The van der Waals surface area contributed by atoms with Crippen LogP contribution in [0.5, 0.6) is 0 Å². The molecule has 0 radical (unpaired) electrons. The zero-order valence-corrected chi connectivity index (χ0v) is 8.67. The summed E-state index contributed by atoms with van der Waals surface area (Å²) in [5, 5.41) is 13.6. The molecule has 1 aromatic carbocycles. The highest BCUT2D eigenvalue weighted by atomic mass is 35.5. The molecule has 1 aliphatic carbocycles. The Labute approximate surface area is 88.9 Å². The molecular weight excluding hydrogens is 198 g/mol. The summed E-state index contributed by atoms with van der Waals surface area (Å²) in [7, 11) is 0. The number of anilines is 1. The molecule has 2 N–H and O–H groups in total. The predicted molar refractivity (Wildman–Crippen MR) is 58.7 cm³/mol. The molecule has 1 aromatic rings. The van der Waals surface area contributed by atoms with E-state index in [-0.39, 0.29) is 12.1 Å². The first-order valence-electron chi connectivity index (χ1n) is 4.96. The van der Waals surface area contributed by atoms with Crippen LogP contribution in [0.15, 0.2) is 24.3 Å². The summed E-state index contributed by atoms with van der Waals surface area (Å²) in [6.07, 6.45) is 2.77. The maximum Gasteiger partial charge on any atom is 0.0741 e. The Morgan fingerprint density at radius 2 is 2.07 bits per heavy atom. The Hall–Kier alpha value is -0.730. The van der Waals surface area contributed by atoms with Gasteiger partial charge in [0, 0.05) is 0 Å². The molecule has 0 saturated heterocycles. The standard InChI is InChI=1S/C11H14ClNO/c12-8-4-1-2-5-9(8)13-10-6-3-7-11(10)14/h1-2,4-5,10-11,13-14H,3,6-7H2/t10-,11+/m1/s1. The van der Waals surface area contributed by atoms with Gasteiger partial charge in [0.2, 0.25) is 0 Å². The van der Waals surface area contributed by atoms with E-state index in [1.807, 2.05) is 24.3 Å². The van der Waals surface area contributed by atoms with E-state index in [1.165, 1.54) is 0 Å². The van der Waals surface area contributed by atoms with E-state index < -0.39 is 0 Å². The maximum atomic E-state index is 9.64. The molecule has 76 valence electrons. The van der Waals surface area contributed by atoms with E-state index in [0.717, 1.165) is 24.9 Å². The van der Waals surface area contributed by atoms with Gasteiger partial charge in [-0.25, -0.2) is 0 Å². The largest absolute Gasteiger partial charge is 0.391 e. The third-order valence-electron chi connectivity index (χ3n) is 2.69. The van der Waals surface area contributed by atoms with Gasteiger partial charge in [-0.1, -0.05) is 23.7 Å². The van der Waals surface area contributed by atoms with Gasteiger partial charge in [-0.05, 0) is 31.4 Å². The van der Waals surface area contributed by atoms with Crippen molar-refractivity contribution in [2.45, 2.75) is 31.4 Å². The van der Waals surface area contributed by atoms with Crippen LogP contribution in [0.2, 0.25) is 5.02 Å². The van der Waals surface area contributed by atoms with Crippen LogP contribution in [-0.4, -0.2) is 17.3 Å². The van der Waals surface area contributed by atoms with Gasteiger partial charge in [0.05, 0.1) is 22.9 Å². The Balaban J connectivity index is 2.07. The van der Waals surface area contributed by atoms with Gasteiger partial charge in [0.1, 0.15) is 0 Å². The quantitative estimate of drug-likeness (QED) is 0.789. The van der Waals surface area contributed by atoms with Crippen LogP contribution >= 0.6 is 11.6 Å². The van der Waals surface area contributed by atoms with Gasteiger partial charge in [-0.15, -0.1) is 0 Å².